The van der Waals surface area contributed by atoms with Gasteiger partial charge in [-0.2, -0.15) is 25.3 Å². The van der Waals surface area contributed by atoms with Gasteiger partial charge in [0.2, 0.25) is 17.7 Å². The third kappa shape index (κ3) is 7.38. The molecule has 0 aromatic heterocycles. The third-order valence-electron chi connectivity index (χ3n) is 2.90. The summed E-state index contributed by atoms with van der Waals surface area (Å²) in [6.07, 6.45) is 0. The molecule has 24 heavy (non-hydrogen) atoms. The first-order valence-corrected chi connectivity index (χ1v) is 8.16. The van der Waals surface area contributed by atoms with E-state index < -0.39 is 54.5 Å². The highest BCUT2D eigenvalue weighted by Gasteiger charge is 2.27. The summed E-state index contributed by atoms with van der Waals surface area (Å²) in [5.74, 6) is -3.60. The van der Waals surface area contributed by atoms with Gasteiger partial charge < -0.3 is 31.9 Å². The van der Waals surface area contributed by atoms with Crippen LogP contribution in [-0.4, -0.2) is 76.2 Å². The second-order valence-electron chi connectivity index (χ2n) is 4.85. The number of hydrogen-bond donors (Lipinski definition) is 8. The van der Waals surface area contributed by atoms with Gasteiger partial charge in [-0.3, -0.25) is 14.4 Å². The molecule has 0 aliphatic heterocycles. The summed E-state index contributed by atoms with van der Waals surface area (Å²) in [5, 5.41) is 24.7. The normalized spacial score (nSPS) is 15.5. The van der Waals surface area contributed by atoms with E-state index >= 15 is 0 Å². The summed E-state index contributed by atoms with van der Waals surface area (Å²) in [5.41, 5.74) is 5.44. The van der Waals surface area contributed by atoms with Gasteiger partial charge in [0.25, 0.3) is 0 Å². The number of thiol groups is 2. The summed E-state index contributed by atoms with van der Waals surface area (Å²) in [6.45, 7) is 0.611. The van der Waals surface area contributed by atoms with Gasteiger partial charge in [0.05, 0.1) is 12.6 Å². The number of hydrogen-bond acceptors (Lipinski definition) is 8. The number of aliphatic hydroxyl groups is 1. The molecule has 0 rings (SSSR count). The molecule has 138 valence electrons. The summed E-state index contributed by atoms with van der Waals surface area (Å²) >= 11 is 7.64. The van der Waals surface area contributed by atoms with Crippen LogP contribution in [0.1, 0.15) is 6.92 Å². The Hall–Kier alpha value is -1.50. The first-order valence-electron chi connectivity index (χ1n) is 6.89. The average molecular weight is 382 g/mol. The molecule has 0 aliphatic rings. The number of carbonyl (C=O) groups is 4. The number of amides is 3. The van der Waals surface area contributed by atoms with Gasteiger partial charge in [-0.1, -0.05) is 0 Å². The molecular weight excluding hydrogens is 360 g/mol. The predicted molar refractivity (Wildman–Crippen MR) is 91.9 cm³/mol. The number of carboxylic acid groups (broad SMARTS) is 1. The summed E-state index contributed by atoms with van der Waals surface area (Å²) in [4.78, 5) is 46.2. The lowest BCUT2D eigenvalue weighted by Gasteiger charge is -2.21. The number of carboxylic acids is 1. The number of nitrogens with one attached hydrogen (secondary N) is 3. The molecule has 0 aliphatic carbocycles. The van der Waals surface area contributed by atoms with Crippen molar-refractivity contribution in [3.8, 4) is 0 Å². The van der Waals surface area contributed by atoms with Gasteiger partial charge in [0, 0.05) is 11.5 Å². The van der Waals surface area contributed by atoms with Crippen molar-refractivity contribution >= 4 is 48.9 Å². The van der Waals surface area contributed by atoms with E-state index in [1.165, 1.54) is 6.92 Å². The fraction of sp³-hybridized carbons (Fsp3) is 0.667. The molecule has 4 atom stereocenters. The van der Waals surface area contributed by atoms with Crippen LogP contribution < -0.4 is 21.7 Å². The van der Waals surface area contributed by atoms with Crippen LogP contribution in [0.4, 0.5) is 0 Å². The van der Waals surface area contributed by atoms with Gasteiger partial charge in [0.15, 0.2) is 0 Å². The number of carbonyl (C=O) groups excluding carboxylic acids is 3. The van der Waals surface area contributed by atoms with Gasteiger partial charge in [-0.25, -0.2) is 4.79 Å². The second-order valence-corrected chi connectivity index (χ2v) is 5.58. The van der Waals surface area contributed by atoms with Crippen molar-refractivity contribution in [2.24, 2.45) is 5.73 Å². The molecule has 0 aromatic rings. The van der Waals surface area contributed by atoms with E-state index in [2.05, 4.69) is 41.2 Å². The molecule has 3 amide bonds. The van der Waals surface area contributed by atoms with E-state index in [0.717, 1.165) is 0 Å². The fourth-order valence-corrected chi connectivity index (χ4v) is 1.83. The van der Waals surface area contributed by atoms with Crippen LogP contribution >= 0.6 is 25.3 Å². The minimum Gasteiger partial charge on any atom is -0.480 e. The zero-order valence-electron chi connectivity index (χ0n) is 12.9. The molecule has 10 nitrogen and oxygen atoms in total. The molecule has 0 bridgehead atoms. The maximum Gasteiger partial charge on any atom is 0.327 e. The molecule has 0 spiro atoms. The highest BCUT2D eigenvalue weighted by molar-refractivity contribution is 7.80. The fourth-order valence-electron chi connectivity index (χ4n) is 1.42. The molecule has 0 radical (unpaired) electrons. The lowest BCUT2D eigenvalue weighted by molar-refractivity contribution is -0.141. The van der Waals surface area contributed by atoms with E-state index in [1.807, 2.05) is 0 Å². The van der Waals surface area contributed by atoms with Gasteiger partial charge in [-0.15, -0.1) is 0 Å². The Morgan fingerprint density at radius 1 is 0.958 bits per heavy atom. The Balaban J connectivity index is 4.67. The highest BCUT2D eigenvalue weighted by atomic mass is 32.1. The molecule has 0 saturated heterocycles. The van der Waals surface area contributed by atoms with Crippen molar-refractivity contribution in [3.05, 3.63) is 0 Å². The molecule has 0 aromatic carbocycles. The molecule has 0 saturated carbocycles. The minimum absolute atomic E-state index is 0.0463. The number of rotatable bonds is 10. The van der Waals surface area contributed by atoms with E-state index in [0.29, 0.717) is 0 Å². The van der Waals surface area contributed by atoms with Crippen LogP contribution in [-0.2, 0) is 19.2 Å². The van der Waals surface area contributed by atoms with Crippen LogP contribution in [0.15, 0.2) is 0 Å². The van der Waals surface area contributed by atoms with E-state index in [1.54, 1.807) is 0 Å². The molecule has 0 heterocycles. The maximum atomic E-state index is 12.0. The smallest absolute Gasteiger partial charge is 0.327 e. The Kier molecular flexibility index (Phi) is 10.4. The summed E-state index contributed by atoms with van der Waals surface area (Å²) < 4.78 is 0. The largest absolute Gasteiger partial charge is 0.480 e. The molecule has 0 fully saturated rings. The predicted octanol–water partition coefficient (Wildman–Crippen LogP) is -3.28. The van der Waals surface area contributed by atoms with Crippen molar-refractivity contribution in [1.29, 1.82) is 0 Å². The molecule has 7 N–H and O–H groups in total. The molecular formula is C12H22N4O6S2. The number of aliphatic carboxylic acids is 1. The van der Waals surface area contributed by atoms with Crippen LogP contribution in [0.5, 0.6) is 0 Å². The Bertz CT molecular complexity index is 478. The van der Waals surface area contributed by atoms with Crippen molar-refractivity contribution in [2.45, 2.75) is 31.1 Å². The third-order valence-corrected chi connectivity index (χ3v) is 3.66. The van der Waals surface area contributed by atoms with Crippen molar-refractivity contribution in [2.75, 3.05) is 18.1 Å². The summed E-state index contributed by atoms with van der Waals surface area (Å²) in [7, 11) is 0. The van der Waals surface area contributed by atoms with Gasteiger partial charge in [0.1, 0.15) is 18.1 Å². The maximum absolute atomic E-state index is 12.0. The first kappa shape index (κ1) is 22.5. The quantitative estimate of drug-likeness (QED) is 0.183. The lowest BCUT2D eigenvalue weighted by atomic mass is 10.2. The van der Waals surface area contributed by atoms with Crippen LogP contribution in [0.2, 0.25) is 0 Å². The van der Waals surface area contributed by atoms with Crippen molar-refractivity contribution in [1.82, 2.24) is 16.0 Å². The second kappa shape index (κ2) is 11.1. The molecule has 4 unspecified atom stereocenters. The minimum atomic E-state index is -1.31. The van der Waals surface area contributed by atoms with Crippen molar-refractivity contribution < 1.29 is 29.4 Å². The summed E-state index contributed by atoms with van der Waals surface area (Å²) in [6, 6.07) is -4.56. The lowest BCUT2D eigenvalue weighted by Crippen LogP contribution is -2.57. The van der Waals surface area contributed by atoms with Crippen LogP contribution in [0, 0.1) is 0 Å². The van der Waals surface area contributed by atoms with Gasteiger partial charge in [-0.05, 0) is 6.92 Å². The average Bonchev–Trinajstić information content (AvgIpc) is 2.55. The highest BCUT2D eigenvalue weighted by Crippen LogP contribution is 1.94. The first-order chi connectivity index (χ1) is 11.2. The standard InChI is InChI=1S/C12H22N4O6S2/c1-5(9(18)16-8(4-24)12(21)22)14-11(20)7(2-17)15-10(19)6(13)3-23/h5-8,17,23-24H,2-4,13H2,1H3,(H,14,20)(H,15,19)(H,16,18)(H,21,22). The zero-order chi connectivity index (χ0) is 18.9. The SMILES string of the molecule is CC(NC(=O)C(CO)NC(=O)C(N)CS)C(=O)NC(CS)C(=O)O. The number of aliphatic hydroxyl groups excluding tert-OH is 1. The van der Waals surface area contributed by atoms with E-state index in [9.17, 15) is 24.3 Å². The van der Waals surface area contributed by atoms with Crippen LogP contribution in [0.25, 0.3) is 0 Å². The van der Waals surface area contributed by atoms with Crippen molar-refractivity contribution in [3.63, 3.8) is 0 Å². The van der Waals surface area contributed by atoms with Crippen LogP contribution in [0.3, 0.4) is 0 Å². The Morgan fingerprint density at radius 2 is 1.50 bits per heavy atom. The Morgan fingerprint density at radius 3 is 1.92 bits per heavy atom. The number of nitrogens with two attached hydrogens (primary N) is 1. The van der Waals surface area contributed by atoms with Gasteiger partial charge >= 0.3 is 5.97 Å². The zero-order valence-corrected chi connectivity index (χ0v) is 14.7. The topological polar surface area (TPSA) is 171 Å². The molecule has 12 heteroatoms. The monoisotopic (exact) mass is 382 g/mol. The van der Waals surface area contributed by atoms with E-state index in [4.69, 9.17) is 10.8 Å². The Labute approximate surface area is 149 Å². The van der Waals surface area contributed by atoms with E-state index in [-0.39, 0.29) is 11.5 Å².